The van der Waals surface area contributed by atoms with E-state index in [0.717, 1.165) is 6.42 Å². The zero-order chi connectivity index (χ0) is 21.6. The van der Waals surface area contributed by atoms with Gasteiger partial charge in [-0.25, -0.2) is 22.0 Å². The first-order chi connectivity index (χ1) is 13.8. The van der Waals surface area contributed by atoms with Gasteiger partial charge < -0.3 is 4.74 Å². The molecule has 0 aliphatic carbocycles. The molecule has 0 aliphatic heterocycles. The molecule has 0 aliphatic rings. The van der Waals surface area contributed by atoms with Crippen LogP contribution in [-0.2, 0) is 4.79 Å². The number of hydrazine groups is 1. The molecule has 10 heteroatoms. The van der Waals surface area contributed by atoms with Crippen molar-refractivity contribution in [3.63, 3.8) is 0 Å². The van der Waals surface area contributed by atoms with Crippen LogP contribution in [0.15, 0.2) is 24.3 Å². The second kappa shape index (κ2) is 9.85. The minimum atomic E-state index is -2.31. The van der Waals surface area contributed by atoms with E-state index < -0.39 is 40.7 Å². The molecule has 29 heavy (non-hydrogen) atoms. The van der Waals surface area contributed by atoms with E-state index in [4.69, 9.17) is 4.74 Å². The third-order valence-corrected chi connectivity index (χ3v) is 3.76. The molecule has 2 N–H and O–H groups in total. The molecule has 0 fully saturated rings. The van der Waals surface area contributed by atoms with Crippen molar-refractivity contribution in [3.8, 4) is 5.75 Å². The van der Waals surface area contributed by atoms with Crippen molar-refractivity contribution in [2.45, 2.75) is 26.2 Å². The Morgan fingerprint density at radius 2 is 1.41 bits per heavy atom. The second-order valence-electron chi connectivity index (χ2n) is 5.91. The predicted octanol–water partition coefficient (Wildman–Crippen LogP) is 4.28. The van der Waals surface area contributed by atoms with Gasteiger partial charge in [-0.1, -0.05) is 6.92 Å². The molecule has 1 amide bonds. The quantitative estimate of drug-likeness (QED) is 0.211. The number of carbonyl (C=O) groups excluding carboxylic acids is 2. The summed E-state index contributed by atoms with van der Waals surface area (Å²) < 4.78 is 71.5. The molecular formula is C19H17F5N2O3. The lowest BCUT2D eigenvalue weighted by atomic mass is 10.1. The van der Waals surface area contributed by atoms with Crippen molar-refractivity contribution >= 4 is 17.4 Å². The molecule has 5 nitrogen and oxygen atoms in total. The number of benzene rings is 2. The lowest BCUT2D eigenvalue weighted by molar-refractivity contribution is -0.120. The van der Waals surface area contributed by atoms with Crippen molar-refractivity contribution < 1.29 is 36.3 Å². The van der Waals surface area contributed by atoms with E-state index in [2.05, 4.69) is 0 Å². The fourth-order valence-corrected chi connectivity index (χ4v) is 2.24. The van der Waals surface area contributed by atoms with Crippen LogP contribution in [0, 0.1) is 29.1 Å². The summed E-state index contributed by atoms with van der Waals surface area (Å²) in [5, 5.41) is 0. The zero-order valence-electron chi connectivity index (χ0n) is 15.3. The van der Waals surface area contributed by atoms with Crippen LogP contribution < -0.4 is 15.6 Å². The number of amides is 1. The van der Waals surface area contributed by atoms with Crippen molar-refractivity contribution in [2.24, 2.45) is 0 Å². The van der Waals surface area contributed by atoms with Gasteiger partial charge in [-0.15, -0.1) is 0 Å². The number of ether oxygens (including phenoxy) is 1. The molecule has 0 heterocycles. The van der Waals surface area contributed by atoms with Crippen LogP contribution in [0.1, 0.15) is 36.5 Å². The van der Waals surface area contributed by atoms with Crippen LogP contribution in [0.4, 0.5) is 27.6 Å². The van der Waals surface area contributed by atoms with E-state index >= 15 is 0 Å². The molecule has 0 saturated heterocycles. The van der Waals surface area contributed by atoms with Crippen LogP contribution in [-0.4, -0.2) is 18.3 Å². The molecule has 0 unspecified atom stereocenters. The van der Waals surface area contributed by atoms with E-state index in [1.807, 2.05) is 6.92 Å². The SMILES string of the molecule is CCCOc1ccc(C(=O)CCC(=O)NNc2c(F)c(F)c(F)c(F)c2F)cc1. The average Bonchev–Trinajstić information content (AvgIpc) is 2.73. The Hall–Kier alpha value is -3.17. The topological polar surface area (TPSA) is 67.4 Å². The summed E-state index contributed by atoms with van der Waals surface area (Å²) in [6.45, 7) is 2.48. The maximum Gasteiger partial charge on any atom is 0.238 e. The summed E-state index contributed by atoms with van der Waals surface area (Å²) in [5.74, 6) is -11.5. The number of rotatable bonds is 9. The smallest absolute Gasteiger partial charge is 0.238 e. The third kappa shape index (κ3) is 5.43. The minimum absolute atomic E-state index is 0.236. The fraction of sp³-hybridized carbons (Fsp3) is 0.263. The highest BCUT2D eigenvalue weighted by molar-refractivity contribution is 5.98. The summed E-state index contributed by atoms with van der Waals surface area (Å²) in [5.41, 5.74) is 2.38. The Labute approximate surface area is 162 Å². The highest BCUT2D eigenvalue weighted by Gasteiger charge is 2.26. The number of halogens is 5. The molecule has 0 bridgehead atoms. The van der Waals surface area contributed by atoms with E-state index in [9.17, 15) is 31.5 Å². The zero-order valence-corrected chi connectivity index (χ0v) is 15.3. The van der Waals surface area contributed by atoms with E-state index in [1.165, 1.54) is 12.1 Å². The predicted molar refractivity (Wildman–Crippen MR) is 93.8 cm³/mol. The van der Waals surface area contributed by atoms with Gasteiger partial charge in [0, 0.05) is 18.4 Å². The van der Waals surface area contributed by atoms with Crippen LogP contribution in [0.2, 0.25) is 0 Å². The second-order valence-corrected chi connectivity index (χ2v) is 5.91. The van der Waals surface area contributed by atoms with Crippen molar-refractivity contribution in [3.05, 3.63) is 58.9 Å². The van der Waals surface area contributed by atoms with E-state index in [0.29, 0.717) is 17.9 Å². The maximum absolute atomic E-state index is 13.5. The first-order valence-corrected chi connectivity index (χ1v) is 8.58. The van der Waals surface area contributed by atoms with Gasteiger partial charge in [0.1, 0.15) is 11.4 Å². The van der Waals surface area contributed by atoms with Gasteiger partial charge in [0.25, 0.3) is 0 Å². The molecule has 0 radical (unpaired) electrons. The van der Waals surface area contributed by atoms with Gasteiger partial charge >= 0.3 is 0 Å². The third-order valence-electron chi connectivity index (χ3n) is 3.76. The highest BCUT2D eigenvalue weighted by atomic mass is 19.2. The molecule has 0 spiro atoms. The van der Waals surface area contributed by atoms with Gasteiger partial charge in [-0.3, -0.25) is 20.4 Å². The van der Waals surface area contributed by atoms with Gasteiger partial charge in [-0.05, 0) is 30.7 Å². The van der Waals surface area contributed by atoms with Crippen molar-refractivity contribution in [2.75, 3.05) is 12.0 Å². The summed E-state index contributed by atoms with van der Waals surface area (Å²) in [6, 6.07) is 6.26. The Kier molecular flexibility index (Phi) is 7.52. The number of hydrogen-bond acceptors (Lipinski definition) is 4. The lowest BCUT2D eigenvalue weighted by Crippen LogP contribution is -2.31. The van der Waals surface area contributed by atoms with Crippen LogP contribution in [0.5, 0.6) is 5.75 Å². The van der Waals surface area contributed by atoms with E-state index in [-0.39, 0.29) is 18.6 Å². The Bertz CT molecular complexity index is 875. The molecule has 0 atom stereocenters. The number of Topliss-reactive ketones (excluding diaryl/α,β-unsaturated/α-hetero) is 1. The standard InChI is InChI=1S/C19H17F5N2O3/c1-2-9-29-11-5-3-10(4-6-11)12(27)7-8-13(28)25-26-19-17(23)15(21)14(20)16(22)18(19)24/h3-6,26H,2,7-9H2,1H3,(H,25,28). The maximum atomic E-state index is 13.5. The molecule has 0 saturated carbocycles. The minimum Gasteiger partial charge on any atom is -0.494 e. The lowest BCUT2D eigenvalue weighted by Gasteiger charge is -2.11. The summed E-state index contributed by atoms with van der Waals surface area (Å²) in [6.07, 6.45) is 0.212. The first kappa shape index (κ1) is 22.1. The molecule has 2 rings (SSSR count). The monoisotopic (exact) mass is 416 g/mol. The average molecular weight is 416 g/mol. The van der Waals surface area contributed by atoms with Crippen molar-refractivity contribution in [1.29, 1.82) is 0 Å². The van der Waals surface area contributed by atoms with Crippen LogP contribution in [0.25, 0.3) is 0 Å². The largest absolute Gasteiger partial charge is 0.494 e. The van der Waals surface area contributed by atoms with E-state index in [1.54, 1.807) is 23.0 Å². The summed E-state index contributed by atoms with van der Waals surface area (Å²) in [7, 11) is 0. The molecule has 0 aromatic heterocycles. The molecule has 156 valence electrons. The number of carbonyl (C=O) groups is 2. The number of hydrogen-bond donors (Lipinski definition) is 2. The van der Waals surface area contributed by atoms with Gasteiger partial charge in [0.15, 0.2) is 29.1 Å². The fourth-order valence-electron chi connectivity index (χ4n) is 2.24. The van der Waals surface area contributed by atoms with Crippen LogP contribution in [0.3, 0.4) is 0 Å². The number of nitrogens with one attached hydrogen (secondary N) is 2. The number of ketones is 1. The molecule has 2 aromatic rings. The van der Waals surface area contributed by atoms with Gasteiger partial charge in [-0.2, -0.15) is 0 Å². The Morgan fingerprint density at radius 3 is 1.97 bits per heavy atom. The van der Waals surface area contributed by atoms with Gasteiger partial charge in [0.2, 0.25) is 11.7 Å². The normalized spacial score (nSPS) is 10.6. The summed E-state index contributed by atoms with van der Waals surface area (Å²) >= 11 is 0. The summed E-state index contributed by atoms with van der Waals surface area (Å²) in [4.78, 5) is 23.8. The van der Waals surface area contributed by atoms with Gasteiger partial charge in [0.05, 0.1) is 6.61 Å². The van der Waals surface area contributed by atoms with Crippen LogP contribution >= 0.6 is 0 Å². The molecular weight excluding hydrogens is 399 g/mol. The first-order valence-electron chi connectivity index (χ1n) is 8.58. The van der Waals surface area contributed by atoms with Crippen molar-refractivity contribution in [1.82, 2.24) is 5.43 Å². The molecule has 2 aromatic carbocycles. The number of anilines is 1. The highest BCUT2D eigenvalue weighted by Crippen LogP contribution is 2.26. The Morgan fingerprint density at radius 1 is 0.862 bits per heavy atom. The Balaban J connectivity index is 1.90.